The van der Waals surface area contributed by atoms with Crippen molar-refractivity contribution >= 4 is 5.97 Å². The zero-order chi connectivity index (χ0) is 11.5. The van der Waals surface area contributed by atoms with Crippen LogP contribution in [0.25, 0.3) is 0 Å². The number of carboxylic acid groups (broad SMARTS) is 1. The summed E-state index contributed by atoms with van der Waals surface area (Å²) in [7, 11) is 0. The quantitative estimate of drug-likeness (QED) is 0.434. The predicted molar refractivity (Wildman–Crippen MR) is 61.3 cm³/mol. The Bertz CT molecular complexity index is 185. The van der Waals surface area contributed by atoms with E-state index in [1.54, 1.807) is 0 Å². The largest absolute Gasteiger partial charge is 0.550 e. The Morgan fingerprint density at radius 3 is 2.47 bits per heavy atom. The van der Waals surface area contributed by atoms with Crippen molar-refractivity contribution in [2.75, 3.05) is 0 Å². The van der Waals surface area contributed by atoms with Crippen LogP contribution in [0, 0.1) is 5.92 Å². The van der Waals surface area contributed by atoms with Crippen LogP contribution in [0.2, 0.25) is 0 Å². The van der Waals surface area contributed by atoms with Crippen LogP contribution < -0.4 is 5.11 Å². The van der Waals surface area contributed by atoms with Gasteiger partial charge in [-0.3, -0.25) is 0 Å². The number of hydrogen-bond acceptors (Lipinski definition) is 2. The normalized spacial score (nSPS) is 13.2. The number of hydrogen-bond donors (Lipinski definition) is 0. The molecule has 0 aromatic heterocycles. The number of aliphatic carboxylic acids is 1. The number of rotatable bonds is 9. The fourth-order valence-corrected chi connectivity index (χ4v) is 1.67. The van der Waals surface area contributed by atoms with Crippen LogP contribution in [-0.4, -0.2) is 5.97 Å². The molecule has 0 aliphatic carbocycles. The predicted octanol–water partition coefficient (Wildman–Crippen LogP) is 2.68. The first-order valence-electron chi connectivity index (χ1n) is 6.08. The zero-order valence-corrected chi connectivity index (χ0v) is 10.00. The smallest absolute Gasteiger partial charge is 0.0445 e. The Hall–Kier alpha value is -0.790. The van der Waals surface area contributed by atoms with E-state index < -0.39 is 5.97 Å². The van der Waals surface area contributed by atoms with Crippen LogP contribution in [0.1, 0.15) is 58.8 Å². The summed E-state index contributed by atoms with van der Waals surface area (Å²) < 4.78 is 0. The molecular weight excluding hydrogens is 188 g/mol. The molecular formula is C13H23O2-. The van der Waals surface area contributed by atoms with E-state index in [9.17, 15) is 9.90 Å². The van der Waals surface area contributed by atoms with Crippen LogP contribution >= 0.6 is 0 Å². The monoisotopic (exact) mass is 211 g/mol. The van der Waals surface area contributed by atoms with Gasteiger partial charge >= 0.3 is 0 Å². The summed E-state index contributed by atoms with van der Waals surface area (Å²) in [6.07, 6.45) is 11.0. The molecule has 0 spiro atoms. The summed E-state index contributed by atoms with van der Waals surface area (Å²) in [5.41, 5.74) is 0. The van der Waals surface area contributed by atoms with Crippen molar-refractivity contribution in [3.8, 4) is 0 Å². The van der Waals surface area contributed by atoms with E-state index in [4.69, 9.17) is 0 Å². The first-order chi connectivity index (χ1) is 7.22. The van der Waals surface area contributed by atoms with Gasteiger partial charge in [0, 0.05) is 5.97 Å². The van der Waals surface area contributed by atoms with Crippen LogP contribution in [0.3, 0.4) is 0 Å². The van der Waals surface area contributed by atoms with Gasteiger partial charge in [0.25, 0.3) is 0 Å². The molecule has 0 aromatic rings. The van der Waals surface area contributed by atoms with E-state index in [0.717, 1.165) is 44.9 Å². The van der Waals surface area contributed by atoms with E-state index in [1.165, 1.54) is 0 Å². The molecule has 1 atom stereocenters. The van der Waals surface area contributed by atoms with Crippen molar-refractivity contribution in [1.82, 2.24) is 0 Å². The second kappa shape index (κ2) is 9.75. The molecule has 15 heavy (non-hydrogen) atoms. The first kappa shape index (κ1) is 14.2. The fraction of sp³-hybridized carbons (Fsp3) is 0.769. The highest BCUT2D eigenvalue weighted by Gasteiger charge is 2.07. The summed E-state index contributed by atoms with van der Waals surface area (Å²) in [5.74, 6) is -1.11. The molecule has 0 heterocycles. The molecule has 2 heteroatoms. The molecule has 0 aliphatic rings. The highest BCUT2D eigenvalue weighted by atomic mass is 16.4. The van der Waals surface area contributed by atoms with E-state index in [2.05, 4.69) is 19.1 Å². The fourth-order valence-electron chi connectivity index (χ4n) is 1.67. The average molecular weight is 211 g/mol. The number of allylic oxidation sites excluding steroid dienone is 2. The maximum absolute atomic E-state index is 10.7. The van der Waals surface area contributed by atoms with Crippen LogP contribution in [0.5, 0.6) is 0 Å². The minimum Gasteiger partial charge on any atom is -0.550 e. The van der Waals surface area contributed by atoms with Crippen molar-refractivity contribution in [3.63, 3.8) is 0 Å². The molecule has 0 N–H and O–H groups in total. The summed E-state index contributed by atoms with van der Waals surface area (Å²) in [6, 6.07) is 0. The molecule has 88 valence electrons. The third-order valence-electron chi connectivity index (χ3n) is 2.55. The Balaban J connectivity index is 3.53. The standard InChI is InChI=1S/C13H24O2/c1-3-5-6-7-8-9-11-12(10-4-2)13(14)15/h5-6,12H,3-4,7-11H2,1-2H3,(H,14,15)/p-1/b6-5+. The maximum atomic E-state index is 10.7. The molecule has 0 bridgehead atoms. The second-order valence-electron chi connectivity index (χ2n) is 3.97. The van der Waals surface area contributed by atoms with Gasteiger partial charge in [0.2, 0.25) is 0 Å². The van der Waals surface area contributed by atoms with Gasteiger partial charge in [0.05, 0.1) is 0 Å². The third-order valence-corrected chi connectivity index (χ3v) is 2.55. The summed E-state index contributed by atoms with van der Waals surface area (Å²) in [6.45, 7) is 4.13. The van der Waals surface area contributed by atoms with Gasteiger partial charge < -0.3 is 9.90 Å². The lowest BCUT2D eigenvalue weighted by atomic mass is 9.97. The number of carbonyl (C=O) groups excluding carboxylic acids is 1. The third kappa shape index (κ3) is 8.22. The second-order valence-corrected chi connectivity index (χ2v) is 3.97. The highest BCUT2D eigenvalue weighted by Crippen LogP contribution is 2.15. The van der Waals surface area contributed by atoms with Gasteiger partial charge in [-0.05, 0) is 38.0 Å². The summed E-state index contributed by atoms with van der Waals surface area (Å²) >= 11 is 0. The summed E-state index contributed by atoms with van der Waals surface area (Å²) in [4.78, 5) is 10.7. The van der Waals surface area contributed by atoms with Crippen LogP contribution in [0.4, 0.5) is 0 Å². The molecule has 0 fully saturated rings. The summed E-state index contributed by atoms with van der Waals surface area (Å²) in [5, 5.41) is 10.7. The molecule has 2 nitrogen and oxygen atoms in total. The lowest BCUT2D eigenvalue weighted by Gasteiger charge is -2.16. The number of carboxylic acids is 1. The zero-order valence-electron chi connectivity index (χ0n) is 10.00. The van der Waals surface area contributed by atoms with Crippen molar-refractivity contribution in [3.05, 3.63) is 12.2 Å². The highest BCUT2D eigenvalue weighted by molar-refractivity contribution is 5.67. The van der Waals surface area contributed by atoms with Crippen molar-refractivity contribution in [1.29, 1.82) is 0 Å². The molecule has 1 unspecified atom stereocenters. The Labute approximate surface area is 93.4 Å². The molecule has 0 saturated heterocycles. The van der Waals surface area contributed by atoms with Crippen LogP contribution in [-0.2, 0) is 4.79 Å². The van der Waals surface area contributed by atoms with E-state index in [0.29, 0.717) is 0 Å². The minimum atomic E-state index is -0.874. The average Bonchev–Trinajstić information content (AvgIpc) is 2.21. The van der Waals surface area contributed by atoms with E-state index >= 15 is 0 Å². The molecule has 0 saturated carbocycles. The number of unbranched alkanes of at least 4 members (excludes halogenated alkanes) is 2. The van der Waals surface area contributed by atoms with Crippen molar-refractivity contribution < 1.29 is 9.90 Å². The minimum absolute atomic E-state index is 0.231. The first-order valence-corrected chi connectivity index (χ1v) is 6.08. The Kier molecular flexibility index (Phi) is 9.24. The lowest BCUT2D eigenvalue weighted by Crippen LogP contribution is -2.31. The topological polar surface area (TPSA) is 40.1 Å². The lowest BCUT2D eigenvalue weighted by molar-refractivity contribution is -0.312. The van der Waals surface area contributed by atoms with Crippen molar-refractivity contribution in [2.45, 2.75) is 58.8 Å². The van der Waals surface area contributed by atoms with Gasteiger partial charge in [0.1, 0.15) is 0 Å². The Morgan fingerprint density at radius 2 is 1.93 bits per heavy atom. The van der Waals surface area contributed by atoms with Crippen LogP contribution in [0.15, 0.2) is 12.2 Å². The Morgan fingerprint density at radius 1 is 1.20 bits per heavy atom. The van der Waals surface area contributed by atoms with E-state index in [-0.39, 0.29) is 5.92 Å². The van der Waals surface area contributed by atoms with E-state index in [1.807, 2.05) is 6.92 Å². The maximum Gasteiger partial charge on any atom is 0.0445 e. The van der Waals surface area contributed by atoms with Gasteiger partial charge in [-0.15, -0.1) is 0 Å². The molecule has 0 rings (SSSR count). The van der Waals surface area contributed by atoms with Crippen molar-refractivity contribution in [2.24, 2.45) is 5.92 Å². The molecule has 0 radical (unpaired) electrons. The van der Waals surface area contributed by atoms with Gasteiger partial charge in [0.15, 0.2) is 0 Å². The van der Waals surface area contributed by atoms with Gasteiger partial charge in [-0.2, -0.15) is 0 Å². The van der Waals surface area contributed by atoms with Gasteiger partial charge in [-0.25, -0.2) is 0 Å². The molecule has 0 aromatic carbocycles. The molecule has 0 aliphatic heterocycles. The number of carbonyl (C=O) groups is 1. The molecule has 0 amide bonds. The SMILES string of the molecule is CC/C=C/CCCCC(CCC)C(=O)[O-]. The van der Waals surface area contributed by atoms with Gasteiger partial charge in [-0.1, -0.05) is 38.8 Å².